The third kappa shape index (κ3) is 1.38. The zero-order valence-corrected chi connectivity index (χ0v) is 8.19. The van der Waals surface area contributed by atoms with Crippen molar-refractivity contribution in [3.05, 3.63) is 0 Å². The molecule has 0 N–H and O–H groups in total. The van der Waals surface area contributed by atoms with Gasteiger partial charge in [-0.3, -0.25) is 9.59 Å². The van der Waals surface area contributed by atoms with Crippen molar-refractivity contribution >= 4 is 11.9 Å². The van der Waals surface area contributed by atoms with Crippen LogP contribution >= 0.6 is 0 Å². The molecule has 3 atom stereocenters. The molecule has 2 aliphatic rings. The number of carbonyl (C=O) groups excluding carboxylic acids is 2. The zero-order valence-electron chi connectivity index (χ0n) is 8.19. The molecule has 0 amide bonds. The Labute approximate surface area is 82.6 Å². The van der Waals surface area contributed by atoms with Gasteiger partial charge in [0.2, 0.25) is 0 Å². The topological polar surface area (TPSA) is 52.6 Å². The first-order valence-electron chi connectivity index (χ1n) is 5.02. The molecular weight excluding hydrogens is 184 g/mol. The molecule has 1 aliphatic carbocycles. The van der Waals surface area contributed by atoms with E-state index < -0.39 is 0 Å². The maximum Gasteiger partial charge on any atom is 0.313 e. The van der Waals surface area contributed by atoms with Gasteiger partial charge in [-0.25, -0.2) is 0 Å². The number of rotatable bonds is 1. The Morgan fingerprint density at radius 2 is 2.14 bits per heavy atom. The van der Waals surface area contributed by atoms with Crippen LogP contribution in [0, 0.1) is 11.8 Å². The van der Waals surface area contributed by atoms with Gasteiger partial charge in [0.1, 0.15) is 12.0 Å². The van der Waals surface area contributed by atoms with Crippen molar-refractivity contribution in [2.75, 3.05) is 7.11 Å². The Bertz CT molecular complexity index is 261. The Kier molecular flexibility index (Phi) is 2.44. The second-order valence-electron chi connectivity index (χ2n) is 3.92. The molecule has 0 aromatic heterocycles. The van der Waals surface area contributed by atoms with E-state index in [9.17, 15) is 9.59 Å². The number of hydrogen-bond donors (Lipinski definition) is 0. The van der Waals surface area contributed by atoms with Crippen LogP contribution in [0.3, 0.4) is 0 Å². The standard InChI is InChI=1S/C10H14O4/c1-13-10(12)8-6-4-2-3-5-7(8)14-9(6)11/h6-8H,2-5H2,1H3/t6-,7+,8+/m1/s1. The summed E-state index contributed by atoms with van der Waals surface area (Å²) in [6.07, 6.45) is 3.35. The first-order chi connectivity index (χ1) is 6.74. The van der Waals surface area contributed by atoms with Gasteiger partial charge in [0.05, 0.1) is 13.0 Å². The Morgan fingerprint density at radius 1 is 1.43 bits per heavy atom. The third-order valence-electron chi connectivity index (χ3n) is 3.13. The SMILES string of the molecule is COC(=O)[C@@H]1[C@@H]2CCCC[C@H]1C(=O)O2. The van der Waals surface area contributed by atoms with E-state index in [1.807, 2.05) is 0 Å². The average molecular weight is 198 g/mol. The third-order valence-corrected chi connectivity index (χ3v) is 3.13. The van der Waals surface area contributed by atoms with E-state index in [0.717, 1.165) is 25.7 Å². The summed E-state index contributed by atoms with van der Waals surface area (Å²) in [5, 5.41) is 0. The molecule has 0 unspecified atom stereocenters. The monoisotopic (exact) mass is 198 g/mol. The van der Waals surface area contributed by atoms with Crippen molar-refractivity contribution < 1.29 is 19.1 Å². The van der Waals surface area contributed by atoms with E-state index in [1.165, 1.54) is 7.11 Å². The van der Waals surface area contributed by atoms with Crippen LogP contribution in [0.5, 0.6) is 0 Å². The normalized spacial score (nSPS) is 36.1. The predicted octanol–water partition coefficient (Wildman–Crippen LogP) is 0.891. The lowest BCUT2D eigenvalue weighted by molar-refractivity contribution is -0.148. The lowest BCUT2D eigenvalue weighted by Gasteiger charge is -2.14. The van der Waals surface area contributed by atoms with Crippen molar-refractivity contribution in [3.63, 3.8) is 0 Å². The molecule has 0 aromatic rings. The van der Waals surface area contributed by atoms with Crippen LogP contribution in [0.2, 0.25) is 0 Å². The summed E-state index contributed by atoms with van der Waals surface area (Å²) in [4.78, 5) is 22.9. The van der Waals surface area contributed by atoms with E-state index in [2.05, 4.69) is 0 Å². The molecule has 4 nitrogen and oxygen atoms in total. The van der Waals surface area contributed by atoms with E-state index in [1.54, 1.807) is 0 Å². The minimum absolute atomic E-state index is 0.217. The highest BCUT2D eigenvalue weighted by molar-refractivity contribution is 5.85. The van der Waals surface area contributed by atoms with Crippen LogP contribution in [-0.4, -0.2) is 25.2 Å². The number of fused-ring (bicyclic) bond motifs is 2. The van der Waals surface area contributed by atoms with Crippen LogP contribution in [0.25, 0.3) is 0 Å². The van der Waals surface area contributed by atoms with Crippen molar-refractivity contribution in [2.24, 2.45) is 11.8 Å². The number of esters is 2. The highest BCUT2D eigenvalue weighted by atomic mass is 16.6. The van der Waals surface area contributed by atoms with Gasteiger partial charge in [-0.05, 0) is 19.3 Å². The van der Waals surface area contributed by atoms with Crippen LogP contribution in [0.15, 0.2) is 0 Å². The van der Waals surface area contributed by atoms with Crippen LogP contribution < -0.4 is 0 Å². The second-order valence-corrected chi connectivity index (χ2v) is 3.92. The first kappa shape index (κ1) is 9.49. The summed E-state index contributed by atoms with van der Waals surface area (Å²) < 4.78 is 9.86. The highest BCUT2D eigenvalue weighted by Crippen LogP contribution is 2.38. The van der Waals surface area contributed by atoms with Crippen LogP contribution in [-0.2, 0) is 19.1 Å². The number of carbonyl (C=O) groups is 2. The highest BCUT2D eigenvalue weighted by Gasteiger charge is 2.49. The molecule has 0 radical (unpaired) electrons. The van der Waals surface area contributed by atoms with Crippen molar-refractivity contribution in [3.8, 4) is 0 Å². The quantitative estimate of drug-likeness (QED) is 0.587. The maximum atomic E-state index is 11.5. The first-order valence-corrected chi connectivity index (χ1v) is 5.02. The molecule has 1 saturated heterocycles. The summed E-state index contributed by atoms with van der Waals surface area (Å²) in [6.45, 7) is 0. The fourth-order valence-corrected chi connectivity index (χ4v) is 2.41. The smallest absolute Gasteiger partial charge is 0.313 e. The van der Waals surface area contributed by atoms with Crippen molar-refractivity contribution in [2.45, 2.75) is 31.8 Å². The van der Waals surface area contributed by atoms with Gasteiger partial charge in [0, 0.05) is 0 Å². The zero-order chi connectivity index (χ0) is 10.1. The summed E-state index contributed by atoms with van der Waals surface area (Å²) >= 11 is 0. The van der Waals surface area contributed by atoms with E-state index >= 15 is 0 Å². The Balaban J connectivity index is 2.21. The molecule has 1 heterocycles. The molecule has 14 heavy (non-hydrogen) atoms. The van der Waals surface area contributed by atoms with Gasteiger partial charge in [0.25, 0.3) is 0 Å². The maximum absolute atomic E-state index is 11.5. The lowest BCUT2D eigenvalue weighted by Crippen LogP contribution is -2.29. The van der Waals surface area contributed by atoms with Crippen molar-refractivity contribution in [1.82, 2.24) is 0 Å². The van der Waals surface area contributed by atoms with Gasteiger partial charge in [-0.15, -0.1) is 0 Å². The second kappa shape index (κ2) is 3.59. The molecule has 2 rings (SSSR count). The molecule has 0 aromatic carbocycles. The van der Waals surface area contributed by atoms with Crippen LogP contribution in [0.1, 0.15) is 25.7 Å². The van der Waals surface area contributed by atoms with Crippen LogP contribution in [0.4, 0.5) is 0 Å². The largest absolute Gasteiger partial charge is 0.469 e. The fourth-order valence-electron chi connectivity index (χ4n) is 2.41. The van der Waals surface area contributed by atoms with Gasteiger partial charge >= 0.3 is 11.9 Å². The number of methoxy groups -OCH3 is 1. The van der Waals surface area contributed by atoms with Crippen molar-refractivity contribution in [1.29, 1.82) is 0 Å². The molecule has 1 saturated carbocycles. The molecular formula is C10H14O4. The molecule has 78 valence electrons. The molecule has 0 spiro atoms. The number of hydrogen-bond acceptors (Lipinski definition) is 4. The van der Waals surface area contributed by atoms with E-state index in [0.29, 0.717) is 0 Å². The van der Waals surface area contributed by atoms with Gasteiger partial charge < -0.3 is 9.47 Å². The van der Waals surface area contributed by atoms with Gasteiger partial charge in [-0.1, -0.05) is 6.42 Å². The molecule has 1 aliphatic heterocycles. The fraction of sp³-hybridized carbons (Fsp3) is 0.800. The molecule has 2 fully saturated rings. The summed E-state index contributed by atoms with van der Waals surface area (Å²) in [6, 6.07) is 0. The Morgan fingerprint density at radius 3 is 2.86 bits per heavy atom. The predicted molar refractivity (Wildman–Crippen MR) is 47.3 cm³/mol. The minimum atomic E-state index is -0.352. The summed E-state index contributed by atoms with van der Waals surface area (Å²) in [5.41, 5.74) is 0. The van der Waals surface area contributed by atoms with E-state index in [4.69, 9.17) is 9.47 Å². The molecule has 4 heteroatoms. The summed E-state index contributed by atoms with van der Waals surface area (Å²) in [5.74, 6) is -1.12. The summed E-state index contributed by atoms with van der Waals surface area (Å²) in [7, 11) is 1.36. The Hall–Kier alpha value is -1.06. The van der Waals surface area contributed by atoms with E-state index in [-0.39, 0.29) is 29.9 Å². The minimum Gasteiger partial charge on any atom is -0.469 e. The average Bonchev–Trinajstić information content (AvgIpc) is 2.37. The van der Waals surface area contributed by atoms with Gasteiger partial charge in [-0.2, -0.15) is 0 Å². The molecule has 2 bridgehead atoms. The van der Waals surface area contributed by atoms with Gasteiger partial charge in [0.15, 0.2) is 0 Å². The number of ether oxygens (including phenoxy) is 2. The lowest BCUT2D eigenvalue weighted by atomic mass is 9.89.